The quantitative estimate of drug-likeness (QED) is 0.788. The molecular formula is C18H34N2O. The van der Waals surface area contributed by atoms with Crippen molar-refractivity contribution < 1.29 is 4.79 Å². The molecule has 2 aliphatic rings. The molecule has 1 amide bonds. The lowest BCUT2D eigenvalue weighted by Crippen LogP contribution is -2.43. The molecule has 0 radical (unpaired) electrons. The van der Waals surface area contributed by atoms with Gasteiger partial charge in [-0.05, 0) is 55.9 Å². The van der Waals surface area contributed by atoms with Crippen molar-refractivity contribution in [1.82, 2.24) is 5.32 Å². The van der Waals surface area contributed by atoms with Gasteiger partial charge in [-0.2, -0.15) is 0 Å². The van der Waals surface area contributed by atoms with Crippen LogP contribution in [0.25, 0.3) is 0 Å². The number of hydrogen-bond acceptors (Lipinski definition) is 2. The standard InChI is InChI=1S/C18H34N2O/c1-14(2)11-18(9-5-6-10-18)13-20-17(21)16-8-4-3-7-15(16)12-19/h14-16H,3-13,19H2,1-2H3,(H,20,21). The predicted molar refractivity (Wildman–Crippen MR) is 87.9 cm³/mol. The molecule has 3 N–H and O–H groups in total. The van der Waals surface area contributed by atoms with E-state index in [4.69, 9.17) is 5.73 Å². The maximum absolute atomic E-state index is 12.6. The zero-order valence-electron chi connectivity index (χ0n) is 14.0. The molecule has 0 aromatic heterocycles. The molecule has 3 nitrogen and oxygen atoms in total. The van der Waals surface area contributed by atoms with Crippen molar-refractivity contribution in [2.75, 3.05) is 13.1 Å². The highest BCUT2D eigenvalue weighted by Gasteiger charge is 2.36. The molecule has 3 heteroatoms. The van der Waals surface area contributed by atoms with E-state index >= 15 is 0 Å². The molecular weight excluding hydrogens is 260 g/mol. The van der Waals surface area contributed by atoms with Crippen molar-refractivity contribution in [2.45, 2.75) is 71.6 Å². The van der Waals surface area contributed by atoms with Crippen LogP contribution in [0.15, 0.2) is 0 Å². The van der Waals surface area contributed by atoms with Crippen LogP contribution in [0.3, 0.4) is 0 Å². The highest BCUT2D eigenvalue weighted by atomic mass is 16.1. The summed E-state index contributed by atoms with van der Waals surface area (Å²) in [5.41, 5.74) is 6.23. The average molecular weight is 294 g/mol. The molecule has 0 aromatic rings. The van der Waals surface area contributed by atoms with Crippen molar-refractivity contribution in [2.24, 2.45) is 28.9 Å². The minimum atomic E-state index is 0.168. The van der Waals surface area contributed by atoms with E-state index in [-0.39, 0.29) is 11.8 Å². The van der Waals surface area contributed by atoms with E-state index in [0.717, 1.165) is 19.4 Å². The van der Waals surface area contributed by atoms with Crippen LogP contribution in [0, 0.1) is 23.2 Å². The number of nitrogens with two attached hydrogens (primary N) is 1. The molecule has 0 aliphatic heterocycles. The summed E-state index contributed by atoms with van der Waals surface area (Å²) in [6.45, 7) is 6.15. The van der Waals surface area contributed by atoms with Crippen LogP contribution in [-0.4, -0.2) is 19.0 Å². The molecule has 2 unspecified atom stereocenters. The summed E-state index contributed by atoms with van der Waals surface area (Å²) >= 11 is 0. The van der Waals surface area contributed by atoms with Crippen LogP contribution in [0.4, 0.5) is 0 Å². The lowest BCUT2D eigenvalue weighted by atomic mass is 9.77. The van der Waals surface area contributed by atoms with Crippen molar-refractivity contribution in [3.8, 4) is 0 Å². The Bertz CT molecular complexity index is 334. The van der Waals surface area contributed by atoms with Gasteiger partial charge in [0.25, 0.3) is 0 Å². The third kappa shape index (κ3) is 4.45. The van der Waals surface area contributed by atoms with Crippen molar-refractivity contribution in [1.29, 1.82) is 0 Å². The predicted octanol–water partition coefficient (Wildman–Crippen LogP) is 3.47. The van der Waals surface area contributed by atoms with Crippen LogP contribution in [0.5, 0.6) is 0 Å². The first-order chi connectivity index (χ1) is 10.1. The maximum Gasteiger partial charge on any atom is 0.223 e. The summed E-state index contributed by atoms with van der Waals surface area (Å²) in [7, 11) is 0. The van der Waals surface area contributed by atoms with Gasteiger partial charge in [-0.3, -0.25) is 4.79 Å². The Morgan fingerprint density at radius 1 is 1.19 bits per heavy atom. The van der Waals surface area contributed by atoms with E-state index in [1.807, 2.05) is 0 Å². The Labute approximate surface area is 130 Å². The number of amides is 1. The normalized spacial score (nSPS) is 28.8. The second-order valence-electron chi connectivity index (χ2n) is 7.91. The first kappa shape index (κ1) is 16.8. The van der Waals surface area contributed by atoms with Crippen molar-refractivity contribution in [3.63, 3.8) is 0 Å². The molecule has 2 rings (SSSR count). The van der Waals surface area contributed by atoms with E-state index in [9.17, 15) is 4.79 Å². The number of carbonyl (C=O) groups is 1. The summed E-state index contributed by atoms with van der Waals surface area (Å²) in [6, 6.07) is 0. The monoisotopic (exact) mass is 294 g/mol. The largest absolute Gasteiger partial charge is 0.355 e. The second kappa shape index (κ2) is 7.62. The van der Waals surface area contributed by atoms with Crippen molar-refractivity contribution >= 4 is 5.91 Å². The molecule has 122 valence electrons. The van der Waals surface area contributed by atoms with Crippen LogP contribution in [0.2, 0.25) is 0 Å². The fraction of sp³-hybridized carbons (Fsp3) is 0.944. The summed E-state index contributed by atoms with van der Waals surface area (Å²) in [5.74, 6) is 1.57. The summed E-state index contributed by atoms with van der Waals surface area (Å²) in [5, 5.41) is 3.31. The molecule has 21 heavy (non-hydrogen) atoms. The Hall–Kier alpha value is -0.570. The zero-order valence-corrected chi connectivity index (χ0v) is 14.0. The maximum atomic E-state index is 12.6. The SMILES string of the molecule is CC(C)CC1(CNC(=O)C2CCCCC2CN)CCCC1. The average Bonchev–Trinajstić information content (AvgIpc) is 2.92. The van der Waals surface area contributed by atoms with E-state index in [2.05, 4.69) is 19.2 Å². The number of carbonyl (C=O) groups excluding carboxylic acids is 1. The Balaban J connectivity index is 1.89. The second-order valence-corrected chi connectivity index (χ2v) is 7.91. The first-order valence-electron chi connectivity index (χ1n) is 9.04. The Morgan fingerprint density at radius 2 is 1.86 bits per heavy atom. The van der Waals surface area contributed by atoms with Gasteiger partial charge in [0.15, 0.2) is 0 Å². The smallest absolute Gasteiger partial charge is 0.223 e. The van der Waals surface area contributed by atoms with Gasteiger partial charge in [0, 0.05) is 12.5 Å². The van der Waals surface area contributed by atoms with Gasteiger partial charge in [-0.25, -0.2) is 0 Å². The lowest BCUT2D eigenvalue weighted by Gasteiger charge is -2.34. The molecule has 0 spiro atoms. The van der Waals surface area contributed by atoms with Gasteiger partial charge in [0.05, 0.1) is 0 Å². The molecule has 0 bridgehead atoms. The summed E-state index contributed by atoms with van der Waals surface area (Å²) < 4.78 is 0. The first-order valence-corrected chi connectivity index (χ1v) is 9.04. The number of rotatable bonds is 6. The van der Waals surface area contributed by atoms with Crippen LogP contribution in [0.1, 0.15) is 71.6 Å². The van der Waals surface area contributed by atoms with Crippen LogP contribution >= 0.6 is 0 Å². The summed E-state index contributed by atoms with van der Waals surface area (Å²) in [4.78, 5) is 12.6. The number of nitrogens with one attached hydrogen (secondary N) is 1. The molecule has 2 fully saturated rings. The fourth-order valence-corrected chi connectivity index (χ4v) is 4.68. The van der Waals surface area contributed by atoms with Gasteiger partial charge < -0.3 is 11.1 Å². The van der Waals surface area contributed by atoms with Gasteiger partial charge in [0.2, 0.25) is 5.91 Å². The number of hydrogen-bond donors (Lipinski definition) is 2. The van der Waals surface area contributed by atoms with E-state index in [0.29, 0.717) is 23.8 Å². The molecule has 0 saturated heterocycles. The minimum Gasteiger partial charge on any atom is -0.355 e. The van der Waals surface area contributed by atoms with Crippen LogP contribution < -0.4 is 11.1 Å². The van der Waals surface area contributed by atoms with E-state index in [1.54, 1.807) is 0 Å². The van der Waals surface area contributed by atoms with Gasteiger partial charge in [0.1, 0.15) is 0 Å². The highest BCUT2D eigenvalue weighted by Crippen LogP contribution is 2.42. The Kier molecular flexibility index (Phi) is 6.09. The third-order valence-electron chi connectivity index (χ3n) is 5.69. The van der Waals surface area contributed by atoms with Gasteiger partial charge in [-0.1, -0.05) is 39.5 Å². The van der Waals surface area contributed by atoms with Gasteiger partial charge in [-0.15, -0.1) is 0 Å². The minimum absolute atomic E-state index is 0.168. The molecule has 0 aromatic carbocycles. The Morgan fingerprint density at radius 3 is 2.48 bits per heavy atom. The zero-order chi connectivity index (χ0) is 15.3. The van der Waals surface area contributed by atoms with Crippen LogP contribution in [-0.2, 0) is 4.79 Å². The molecule has 0 heterocycles. The summed E-state index contributed by atoms with van der Waals surface area (Å²) in [6.07, 6.45) is 11.1. The molecule has 2 atom stereocenters. The molecule has 2 aliphatic carbocycles. The highest BCUT2D eigenvalue weighted by molar-refractivity contribution is 5.79. The van der Waals surface area contributed by atoms with E-state index < -0.39 is 0 Å². The topological polar surface area (TPSA) is 55.1 Å². The lowest BCUT2D eigenvalue weighted by molar-refractivity contribution is -0.128. The fourth-order valence-electron chi connectivity index (χ4n) is 4.68. The molecule has 2 saturated carbocycles. The third-order valence-corrected chi connectivity index (χ3v) is 5.69. The van der Waals surface area contributed by atoms with E-state index in [1.165, 1.54) is 44.9 Å². The van der Waals surface area contributed by atoms with Crippen molar-refractivity contribution in [3.05, 3.63) is 0 Å². The van der Waals surface area contributed by atoms with Gasteiger partial charge >= 0.3 is 0 Å².